The number of aliphatic hydroxyl groups is 1. The van der Waals surface area contributed by atoms with E-state index >= 15 is 0 Å². The third kappa shape index (κ3) is 1.02. The van der Waals surface area contributed by atoms with Gasteiger partial charge in [0, 0.05) is 6.61 Å². The van der Waals surface area contributed by atoms with Crippen molar-refractivity contribution in [1.29, 1.82) is 0 Å². The van der Waals surface area contributed by atoms with Crippen molar-refractivity contribution in [2.45, 2.75) is 39.5 Å². The van der Waals surface area contributed by atoms with E-state index in [1.807, 2.05) is 0 Å². The Bertz CT molecular complexity index is 170. The first-order valence-electron chi connectivity index (χ1n) is 5.27. The Morgan fingerprint density at radius 2 is 2.08 bits per heavy atom. The SMILES string of the molecule is CC1(C)[C@@H]2CC[C@@H](CCO)[C@H]1C2. The van der Waals surface area contributed by atoms with Crippen LogP contribution in [0.1, 0.15) is 39.5 Å². The fourth-order valence-electron chi connectivity index (χ4n) is 3.47. The maximum atomic E-state index is 8.92. The molecule has 3 aliphatic rings. The van der Waals surface area contributed by atoms with E-state index in [4.69, 9.17) is 5.11 Å². The summed E-state index contributed by atoms with van der Waals surface area (Å²) in [5.41, 5.74) is 0.595. The second-order valence-electron chi connectivity index (χ2n) is 5.21. The number of hydrogen-bond acceptors (Lipinski definition) is 1. The largest absolute Gasteiger partial charge is 0.396 e. The van der Waals surface area contributed by atoms with Crippen molar-refractivity contribution < 1.29 is 5.11 Å². The molecule has 0 aromatic rings. The molecule has 70 valence electrons. The minimum Gasteiger partial charge on any atom is -0.396 e. The number of rotatable bonds is 2. The lowest BCUT2D eigenvalue weighted by Crippen LogP contribution is -2.52. The molecule has 3 atom stereocenters. The zero-order chi connectivity index (χ0) is 8.77. The Morgan fingerprint density at radius 3 is 2.58 bits per heavy atom. The Labute approximate surface area is 75.2 Å². The van der Waals surface area contributed by atoms with Crippen LogP contribution in [0, 0.1) is 23.2 Å². The first-order chi connectivity index (χ1) is 5.66. The Morgan fingerprint density at radius 1 is 1.33 bits per heavy atom. The summed E-state index contributed by atoms with van der Waals surface area (Å²) in [6, 6.07) is 0. The molecule has 1 N–H and O–H groups in total. The molecule has 0 saturated heterocycles. The molecular weight excluding hydrogens is 148 g/mol. The third-order valence-electron chi connectivity index (χ3n) is 4.50. The van der Waals surface area contributed by atoms with Crippen LogP contribution in [0.4, 0.5) is 0 Å². The van der Waals surface area contributed by atoms with Crippen molar-refractivity contribution in [3.05, 3.63) is 0 Å². The van der Waals surface area contributed by atoms with Crippen molar-refractivity contribution in [3.8, 4) is 0 Å². The molecule has 2 bridgehead atoms. The normalized spacial score (nSPS) is 43.8. The summed E-state index contributed by atoms with van der Waals surface area (Å²) in [6.07, 6.45) is 5.27. The molecule has 1 heteroatoms. The van der Waals surface area contributed by atoms with E-state index in [2.05, 4.69) is 13.8 Å². The van der Waals surface area contributed by atoms with Gasteiger partial charge in [0.1, 0.15) is 0 Å². The van der Waals surface area contributed by atoms with E-state index in [0.717, 1.165) is 24.2 Å². The molecule has 0 spiro atoms. The van der Waals surface area contributed by atoms with Gasteiger partial charge in [0.05, 0.1) is 0 Å². The Hall–Kier alpha value is -0.0400. The van der Waals surface area contributed by atoms with Gasteiger partial charge in [0.15, 0.2) is 0 Å². The number of fused-ring (bicyclic) bond motifs is 2. The van der Waals surface area contributed by atoms with Crippen LogP contribution in [0.25, 0.3) is 0 Å². The second-order valence-corrected chi connectivity index (χ2v) is 5.21. The van der Waals surface area contributed by atoms with Crippen LogP contribution >= 0.6 is 0 Å². The van der Waals surface area contributed by atoms with Crippen LogP contribution in [0.15, 0.2) is 0 Å². The van der Waals surface area contributed by atoms with Crippen molar-refractivity contribution in [2.24, 2.45) is 23.2 Å². The molecule has 0 unspecified atom stereocenters. The molecule has 0 amide bonds. The molecule has 0 radical (unpaired) electrons. The van der Waals surface area contributed by atoms with Gasteiger partial charge in [-0.25, -0.2) is 0 Å². The number of aliphatic hydroxyl groups excluding tert-OH is 1. The average molecular weight is 168 g/mol. The molecule has 12 heavy (non-hydrogen) atoms. The Balaban J connectivity index is 2.01. The van der Waals surface area contributed by atoms with Crippen LogP contribution in [0.2, 0.25) is 0 Å². The lowest BCUT2D eigenvalue weighted by Gasteiger charge is -2.60. The van der Waals surface area contributed by atoms with Crippen LogP contribution in [0.3, 0.4) is 0 Å². The standard InChI is InChI=1S/C11H20O/c1-11(2)9-4-3-8(5-6-12)10(11)7-9/h8-10,12H,3-7H2,1-2H3/t8-,9+,10+/m0/s1. The summed E-state index contributed by atoms with van der Waals surface area (Å²) in [7, 11) is 0. The molecule has 0 aromatic carbocycles. The third-order valence-corrected chi connectivity index (χ3v) is 4.50. The average Bonchev–Trinajstić information content (AvgIpc) is 2.05. The van der Waals surface area contributed by atoms with Crippen molar-refractivity contribution in [2.75, 3.05) is 6.61 Å². The summed E-state index contributed by atoms with van der Waals surface area (Å²) in [4.78, 5) is 0. The van der Waals surface area contributed by atoms with Crippen molar-refractivity contribution in [1.82, 2.24) is 0 Å². The van der Waals surface area contributed by atoms with Crippen molar-refractivity contribution in [3.63, 3.8) is 0 Å². The molecule has 1 nitrogen and oxygen atoms in total. The highest BCUT2D eigenvalue weighted by Crippen LogP contribution is 2.61. The zero-order valence-electron chi connectivity index (χ0n) is 8.21. The molecule has 3 aliphatic carbocycles. The highest BCUT2D eigenvalue weighted by Gasteiger charge is 2.53. The maximum absolute atomic E-state index is 8.92. The predicted molar refractivity (Wildman–Crippen MR) is 49.8 cm³/mol. The van der Waals surface area contributed by atoms with E-state index < -0.39 is 0 Å². The minimum atomic E-state index is 0.391. The fraction of sp³-hybridized carbons (Fsp3) is 1.00. The molecular formula is C11H20O. The van der Waals surface area contributed by atoms with Crippen LogP contribution in [0.5, 0.6) is 0 Å². The van der Waals surface area contributed by atoms with Gasteiger partial charge in [0.2, 0.25) is 0 Å². The fourth-order valence-corrected chi connectivity index (χ4v) is 3.47. The first kappa shape index (κ1) is 8.55. The van der Waals surface area contributed by atoms with Crippen molar-refractivity contribution >= 4 is 0 Å². The van der Waals surface area contributed by atoms with Gasteiger partial charge < -0.3 is 5.11 Å². The zero-order valence-corrected chi connectivity index (χ0v) is 8.21. The monoisotopic (exact) mass is 168 g/mol. The topological polar surface area (TPSA) is 20.2 Å². The highest BCUT2D eigenvalue weighted by atomic mass is 16.3. The summed E-state index contributed by atoms with van der Waals surface area (Å²) < 4.78 is 0. The van der Waals surface area contributed by atoms with Gasteiger partial charge >= 0.3 is 0 Å². The van der Waals surface area contributed by atoms with Crippen LogP contribution < -0.4 is 0 Å². The summed E-state index contributed by atoms with van der Waals surface area (Å²) in [6.45, 7) is 5.21. The van der Waals surface area contributed by atoms with Crippen LogP contribution in [-0.4, -0.2) is 11.7 Å². The van der Waals surface area contributed by atoms with E-state index in [1.165, 1.54) is 19.3 Å². The lowest BCUT2D eigenvalue weighted by atomic mass is 9.45. The maximum Gasteiger partial charge on any atom is 0.0433 e. The quantitative estimate of drug-likeness (QED) is 0.671. The summed E-state index contributed by atoms with van der Waals surface area (Å²) in [5, 5.41) is 8.92. The van der Waals surface area contributed by atoms with E-state index in [1.54, 1.807) is 0 Å². The van der Waals surface area contributed by atoms with Gasteiger partial charge in [-0.3, -0.25) is 0 Å². The smallest absolute Gasteiger partial charge is 0.0433 e. The molecule has 3 rings (SSSR count). The predicted octanol–water partition coefficient (Wildman–Crippen LogP) is 2.44. The van der Waals surface area contributed by atoms with E-state index in [9.17, 15) is 0 Å². The molecule has 0 aliphatic heterocycles. The molecule has 0 aromatic heterocycles. The van der Waals surface area contributed by atoms with Gasteiger partial charge in [0.25, 0.3) is 0 Å². The van der Waals surface area contributed by atoms with Gasteiger partial charge in [-0.15, -0.1) is 0 Å². The van der Waals surface area contributed by atoms with Crippen LogP contribution in [-0.2, 0) is 0 Å². The lowest BCUT2D eigenvalue weighted by molar-refractivity contribution is -0.109. The number of hydrogen-bond donors (Lipinski definition) is 1. The van der Waals surface area contributed by atoms with Gasteiger partial charge in [-0.1, -0.05) is 13.8 Å². The second kappa shape index (κ2) is 2.73. The minimum absolute atomic E-state index is 0.391. The first-order valence-corrected chi connectivity index (χ1v) is 5.27. The molecule has 3 fully saturated rings. The van der Waals surface area contributed by atoms with E-state index in [-0.39, 0.29) is 0 Å². The summed E-state index contributed by atoms with van der Waals surface area (Å²) >= 11 is 0. The highest BCUT2D eigenvalue weighted by molar-refractivity contribution is 5.02. The Kier molecular flexibility index (Phi) is 1.95. The summed E-state index contributed by atoms with van der Waals surface area (Å²) in [5.74, 6) is 2.75. The molecule has 0 heterocycles. The molecule has 3 saturated carbocycles. The van der Waals surface area contributed by atoms with Gasteiger partial charge in [-0.05, 0) is 48.9 Å². The van der Waals surface area contributed by atoms with Gasteiger partial charge in [-0.2, -0.15) is 0 Å². The van der Waals surface area contributed by atoms with E-state index in [0.29, 0.717) is 12.0 Å².